The van der Waals surface area contributed by atoms with Crippen LogP contribution >= 0.6 is 0 Å². The lowest BCUT2D eigenvalue weighted by Crippen LogP contribution is -2.43. The van der Waals surface area contributed by atoms with Crippen molar-refractivity contribution in [2.24, 2.45) is 0 Å². The summed E-state index contributed by atoms with van der Waals surface area (Å²) >= 11 is 0. The van der Waals surface area contributed by atoms with Gasteiger partial charge in [-0.3, -0.25) is 5.32 Å². The maximum absolute atomic E-state index is 13.1. The lowest BCUT2D eigenvalue weighted by atomic mass is 10.2. The molecule has 0 spiro atoms. The van der Waals surface area contributed by atoms with Gasteiger partial charge in [0.15, 0.2) is 11.5 Å². The minimum absolute atomic E-state index is 0.0751. The van der Waals surface area contributed by atoms with Crippen LogP contribution in [0.3, 0.4) is 0 Å². The van der Waals surface area contributed by atoms with Crippen molar-refractivity contribution < 1.29 is 27.4 Å². The third kappa shape index (κ3) is 4.42. The summed E-state index contributed by atoms with van der Waals surface area (Å²) in [6.45, 7) is -0.0360. The molecule has 2 aromatic heterocycles. The summed E-state index contributed by atoms with van der Waals surface area (Å²) in [5.41, 5.74) is 1.20. The van der Waals surface area contributed by atoms with E-state index in [0.29, 0.717) is 35.5 Å². The number of nitrogens with one attached hydrogen (secondary N) is 1. The number of rotatable bonds is 4. The summed E-state index contributed by atoms with van der Waals surface area (Å²) in [6, 6.07) is 6.65. The summed E-state index contributed by atoms with van der Waals surface area (Å²) in [4.78, 5) is 22.6. The molecule has 2 aliphatic heterocycles. The Morgan fingerprint density at radius 3 is 2.52 bits per heavy atom. The van der Waals surface area contributed by atoms with Crippen LogP contribution in [0.25, 0.3) is 22.4 Å². The average molecular weight is 462 g/mol. The highest BCUT2D eigenvalue weighted by Gasteiger charge is 2.36. The zero-order valence-electron chi connectivity index (χ0n) is 17.7. The molecule has 33 heavy (non-hydrogen) atoms. The molecule has 2 atom stereocenters. The lowest BCUT2D eigenvalue weighted by Gasteiger charge is -2.33. The second kappa shape index (κ2) is 8.18. The normalized spacial score (nSPS) is 20.3. The van der Waals surface area contributed by atoms with Gasteiger partial charge in [0.05, 0.1) is 30.9 Å². The first kappa shape index (κ1) is 21.4. The molecule has 5 rings (SSSR count). The van der Waals surface area contributed by atoms with Crippen LogP contribution in [0.15, 0.2) is 30.5 Å². The van der Waals surface area contributed by atoms with Gasteiger partial charge in [0, 0.05) is 24.3 Å². The molecule has 2 saturated heterocycles. The first-order valence-corrected chi connectivity index (χ1v) is 10.4. The Kier molecular flexibility index (Phi) is 5.31. The molecule has 2 fully saturated rings. The molecule has 1 aromatic carbocycles. The predicted octanol–water partition coefficient (Wildman–Crippen LogP) is 3.60. The molecule has 1 amide bonds. The maximum atomic E-state index is 13.1. The van der Waals surface area contributed by atoms with Gasteiger partial charge >= 0.3 is 12.3 Å². The topological polar surface area (TPSA) is 94.4 Å². The summed E-state index contributed by atoms with van der Waals surface area (Å²) < 4.78 is 50.7. The molecular weight excluding hydrogens is 441 g/mol. The molecule has 2 bridgehead atoms. The zero-order valence-corrected chi connectivity index (χ0v) is 17.7. The summed E-state index contributed by atoms with van der Waals surface area (Å²) in [6.07, 6.45) is -1.61. The number of hydrogen-bond acceptors (Lipinski definition) is 7. The van der Waals surface area contributed by atoms with Crippen molar-refractivity contribution in [1.82, 2.24) is 19.7 Å². The van der Waals surface area contributed by atoms with E-state index in [1.807, 2.05) is 4.90 Å². The van der Waals surface area contributed by atoms with Gasteiger partial charge in [-0.15, -0.1) is 0 Å². The van der Waals surface area contributed by atoms with E-state index in [-0.39, 0.29) is 23.7 Å². The van der Waals surface area contributed by atoms with Crippen LogP contribution in [-0.2, 0) is 16.0 Å². The average Bonchev–Trinajstić information content (AvgIpc) is 3.34. The van der Waals surface area contributed by atoms with Gasteiger partial charge in [-0.05, 0) is 37.1 Å². The summed E-state index contributed by atoms with van der Waals surface area (Å²) in [5.74, 6) is 0.810. The Balaban J connectivity index is 1.56. The molecule has 4 heterocycles. The van der Waals surface area contributed by atoms with Gasteiger partial charge in [0.25, 0.3) is 0 Å². The standard InChI is InChI=1S/C21H21F3N6O3/c1-32-20(31)26-13-4-2-12(3-5-13)17-27-18(29-9-14-6-7-15(10-29)33-14)16-8-25-30(19(16)28-17)11-21(22,23)24/h2-5,8,14-15H,6-7,9-11H2,1H3,(H,26,31). The van der Waals surface area contributed by atoms with E-state index in [1.54, 1.807) is 24.3 Å². The smallest absolute Gasteiger partial charge is 0.411 e. The number of halogens is 3. The number of nitrogens with zero attached hydrogens (tertiary/aromatic N) is 5. The molecule has 2 unspecified atom stereocenters. The van der Waals surface area contributed by atoms with Gasteiger partial charge in [-0.2, -0.15) is 18.3 Å². The fourth-order valence-electron chi connectivity index (χ4n) is 4.26. The van der Waals surface area contributed by atoms with Gasteiger partial charge in [-0.1, -0.05) is 0 Å². The predicted molar refractivity (Wildman–Crippen MR) is 113 cm³/mol. The quantitative estimate of drug-likeness (QED) is 0.633. The Bertz CT molecular complexity index is 1170. The first-order valence-electron chi connectivity index (χ1n) is 10.4. The second-order valence-corrected chi connectivity index (χ2v) is 8.08. The van der Waals surface area contributed by atoms with E-state index < -0.39 is 18.8 Å². The molecule has 0 saturated carbocycles. The van der Waals surface area contributed by atoms with Crippen molar-refractivity contribution in [2.75, 3.05) is 30.4 Å². The number of aromatic nitrogens is 4. The highest BCUT2D eigenvalue weighted by Crippen LogP contribution is 2.34. The third-order valence-corrected chi connectivity index (χ3v) is 5.72. The lowest BCUT2D eigenvalue weighted by molar-refractivity contribution is -0.141. The number of hydrogen-bond donors (Lipinski definition) is 1. The Labute approximate surface area is 186 Å². The largest absolute Gasteiger partial charge is 0.453 e. The number of methoxy groups -OCH3 is 1. The third-order valence-electron chi connectivity index (χ3n) is 5.72. The van der Waals surface area contributed by atoms with Crippen molar-refractivity contribution in [2.45, 2.75) is 37.8 Å². The van der Waals surface area contributed by atoms with Gasteiger partial charge < -0.3 is 14.4 Å². The van der Waals surface area contributed by atoms with Gasteiger partial charge in [0.2, 0.25) is 0 Å². The van der Waals surface area contributed by atoms with Crippen molar-refractivity contribution in [3.8, 4) is 11.4 Å². The zero-order chi connectivity index (χ0) is 23.2. The molecule has 2 aliphatic rings. The fourth-order valence-corrected chi connectivity index (χ4v) is 4.26. The van der Waals surface area contributed by atoms with Gasteiger partial charge in [-0.25, -0.2) is 19.4 Å². The van der Waals surface area contributed by atoms with Crippen LogP contribution < -0.4 is 10.2 Å². The number of fused-ring (bicyclic) bond motifs is 3. The van der Waals surface area contributed by atoms with E-state index in [0.717, 1.165) is 17.5 Å². The Morgan fingerprint density at radius 2 is 1.88 bits per heavy atom. The number of morpholine rings is 1. The van der Waals surface area contributed by atoms with Crippen molar-refractivity contribution in [3.05, 3.63) is 30.5 Å². The van der Waals surface area contributed by atoms with Crippen LogP contribution in [-0.4, -0.2) is 64.4 Å². The first-order chi connectivity index (χ1) is 15.8. The van der Waals surface area contributed by atoms with Crippen molar-refractivity contribution >= 4 is 28.6 Å². The number of carbonyl (C=O) groups is 1. The number of benzene rings is 1. The fraction of sp³-hybridized carbons (Fsp3) is 0.429. The molecule has 12 heteroatoms. The van der Waals surface area contributed by atoms with E-state index in [4.69, 9.17) is 9.72 Å². The van der Waals surface area contributed by atoms with Gasteiger partial charge in [0.1, 0.15) is 12.4 Å². The van der Waals surface area contributed by atoms with Crippen LogP contribution in [0.2, 0.25) is 0 Å². The van der Waals surface area contributed by atoms with E-state index in [1.165, 1.54) is 13.3 Å². The highest BCUT2D eigenvalue weighted by atomic mass is 19.4. The van der Waals surface area contributed by atoms with E-state index in [2.05, 4.69) is 20.1 Å². The SMILES string of the molecule is COC(=O)Nc1ccc(-c2nc(N3CC4CCC(C3)O4)c3cnn(CC(F)(F)F)c3n2)cc1. The molecule has 9 nitrogen and oxygen atoms in total. The Morgan fingerprint density at radius 1 is 1.18 bits per heavy atom. The number of amides is 1. The molecule has 0 radical (unpaired) electrons. The molecular formula is C21H21F3N6O3. The maximum Gasteiger partial charge on any atom is 0.411 e. The highest BCUT2D eigenvalue weighted by molar-refractivity contribution is 5.89. The Hall–Kier alpha value is -3.41. The molecule has 0 aliphatic carbocycles. The minimum Gasteiger partial charge on any atom is -0.453 e. The molecule has 1 N–H and O–H groups in total. The van der Waals surface area contributed by atoms with Crippen molar-refractivity contribution in [3.63, 3.8) is 0 Å². The van der Waals surface area contributed by atoms with Crippen LogP contribution in [0.1, 0.15) is 12.8 Å². The molecule has 174 valence electrons. The molecule has 3 aromatic rings. The summed E-state index contributed by atoms with van der Waals surface area (Å²) in [7, 11) is 1.26. The number of anilines is 2. The minimum atomic E-state index is -4.44. The van der Waals surface area contributed by atoms with Crippen LogP contribution in [0.4, 0.5) is 29.5 Å². The second-order valence-electron chi connectivity index (χ2n) is 8.08. The summed E-state index contributed by atoms with van der Waals surface area (Å²) in [5, 5.41) is 6.97. The van der Waals surface area contributed by atoms with E-state index in [9.17, 15) is 18.0 Å². The number of ether oxygens (including phenoxy) is 2. The number of carbonyl (C=O) groups excluding carboxylic acids is 1. The monoisotopic (exact) mass is 462 g/mol. The van der Waals surface area contributed by atoms with Crippen molar-refractivity contribution in [1.29, 1.82) is 0 Å². The van der Waals surface area contributed by atoms with E-state index >= 15 is 0 Å². The van der Waals surface area contributed by atoms with Crippen LogP contribution in [0, 0.1) is 0 Å². The number of alkyl halides is 3. The van der Waals surface area contributed by atoms with Crippen LogP contribution in [0.5, 0.6) is 0 Å².